The quantitative estimate of drug-likeness (QED) is 0.767. The normalized spacial score (nSPS) is 10.6. The van der Waals surface area contributed by atoms with Crippen molar-refractivity contribution in [2.75, 3.05) is 11.9 Å². The predicted molar refractivity (Wildman–Crippen MR) is 89.0 cm³/mol. The Bertz CT molecular complexity index is 560. The predicted octanol–water partition coefficient (Wildman–Crippen LogP) is 4.61. The summed E-state index contributed by atoms with van der Waals surface area (Å²) in [5, 5.41) is 3.50. The summed E-state index contributed by atoms with van der Waals surface area (Å²) >= 11 is 0. The lowest BCUT2D eigenvalue weighted by Crippen LogP contribution is -2.08. The van der Waals surface area contributed by atoms with Crippen LogP contribution in [0.2, 0.25) is 0 Å². The molecular formula is C18H26N2O. The fraction of sp³-hybridized carbons (Fsp3) is 0.444. The highest BCUT2D eigenvalue weighted by molar-refractivity contribution is 5.57. The van der Waals surface area contributed by atoms with E-state index in [0.717, 1.165) is 44.0 Å². The van der Waals surface area contributed by atoms with Gasteiger partial charge in [0.2, 0.25) is 0 Å². The van der Waals surface area contributed by atoms with Gasteiger partial charge in [-0.05, 0) is 49.6 Å². The second-order valence-electron chi connectivity index (χ2n) is 5.39. The summed E-state index contributed by atoms with van der Waals surface area (Å²) in [6.07, 6.45) is 4.31. The van der Waals surface area contributed by atoms with Crippen molar-refractivity contribution in [1.82, 2.24) is 4.57 Å². The van der Waals surface area contributed by atoms with Crippen LogP contribution in [0.4, 0.5) is 5.69 Å². The molecule has 0 unspecified atom stereocenters. The number of anilines is 1. The highest BCUT2D eigenvalue weighted by Crippen LogP contribution is 2.26. The average Bonchev–Trinajstić information content (AvgIpc) is 2.92. The van der Waals surface area contributed by atoms with E-state index >= 15 is 0 Å². The van der Waals surface area contributed by atoms with Crippen molar-refractivity contribution in [2.45, 2.75) is 46.7 Å². The number of hydrogen-bond donors (Lipinski definition) is 1. The van der Waals surface area contributed by atoms with Gasteiger partial charge in [-0.2, -0.15) is 0 Å². The number of rotatable bonds is 8. The van der Waals surface area contributed by atoms with Gasteiger partial charge in [-0.3, -0.25) is 0 Å². The SMILES string of the molecule is CCCOc1cc(C)ccc1NCc1cccn1CCC. The third-order valence-corrected chi connectivity index (χ3v) is 3.45. The molecule has 0 amide bonds. The summed E-state index contributed by atoms with van der Waals surface area (Å²) in [6, 6.07) is 10.6. The molecule has 0 atom stereocenters. The first-order valence-electron chi connectivity index (χ1n) is 7.86. The number of benzene rings is 1. The van der Waals surface area contributed by atoms with Gasteiger partial charge >= 0.3 is 0 Å². The smallest absolute Gasteiger partial charge is 0.142 e. The van der Waals surface area contributed by atoms with Gasteiger partial charge < -0.3 is 14.6 Å². The number of hydrogen-bond acceptors (Lipinski definition) is 2. The molecule has 3 nitrogen and oxygen atoms in total. The van der Waals surface area contributed by atoms with Gasteiger partial charge in [0.1, 0.15) is 5.75 Å². The number of aryl methyl sites for hydroxylation is 2. The van der Waals surface area contributed by atoms with E-state index in [-0.39, 0.29) is 0 Å². The Morgan fingerprint density at radius 1 is 1.14 bits per heavy atom. The van der Waals surface area contributed by atoms with Crippen molar-refractivity contribution < 1.29 is 4.74 Å². The Kier molecular flexibility index (Phi) is 5.73. The van der Waals surface area contributed by atoms with E-state index in [1.807, 2.05) is 0 Å². The Labute approximate surface area is 127 Å². The fourth-order valence-corrected chi connectivity index (χ4v) is 2.36. The van der Waals surface area contributed by atoms with Crippen LogP contribution in [-0.4, -0.2) is 11.2 Å². The first-order chi connectivity index (χ1) is 10.2. The Balaban J connectivity index is 2.06. The van der Waals surface area contributed by atoms with Gasteiger partial charge in [0.25, 0.3) is 0 Å². The van der Waals surface area contributed by atoms with Gasteiger partial charge in [0.15, 0.2) is 0 Å². The van der Waals surface area contributed by atoms with Crippen LogP contribution in [0.1, 0.15) is 37.9 Å². The van der Waals surface area contributed by atoms with E-state index in [9.17, 15) is 0 Å². The molecule has 0 saturated heterocycles. The van der Waals surface area contributed by atoms with Crippen molar-refractivity contribution >= 4 is 5.69 Å². The molecule has 0 bridgehead atoms. The number of nitrogens with zero attached hydrogens (tertiary/aromatic N) is 1. The molecule has 2 rings (SSSR count). The molecule has 21 heavy (non-hydrogen) atoms. The van der Waals surface area contributed by atoms with Crippen LogP contribution in [0.15, 0.2) is 36.5 Å². The summed E-state index contributed by atoms with van der Waals surface area (Å²) in [7, 11) is 0. The maximum atomic E-state index is 5.85. The van der Waals surface area contributed by atoms with Crippen molar-refractivity contribution in [3.63, 3.8) is 0 Å². The first kappa shape index (κ1) is 15.5. The summed E-state index contributed by atoms with van der Waals surface area (Å²) in [6.45, 7) is 9.06. The van der Waals surface area contributed by atoms with E-state index in [1.54, 1.807) is 0 Å². The Morgan fingerprint density at radius 2 is 2.00 bits per heavy atom. The molecule has 1 aromatic carbocycles. The molecule has 0 fully saturated rings. The molecule has 114 valence electrons. The van der Waals surface area contributed by atoms with Crippen LogP contribution in [0.25, 0.3) is 0 Å². The highest BCUT2D eigenvalue weighted by Gasteiger charge is 2.05. The van der Waals surface area contributed by atoms with Gasteiger partial charge in [0, 0.05) is 18.4 Å². The zero-order valence-corrected chi connectivity index (χ0v) is 13.4. The Hall–Kier alpha value is -1.90. The lowest BCUT2D eigenvalue weighted by Gasteiger charge is -2.15. The largest absolute Gasteiger partial charge is 0.491 e. The van der Waals surface area contributed by atoms with Crippen LogP contribution in [0.5, 0.6) is 5.75 Å². The van der Waals surface area contributed by atoms with Crippen molar-refractivity contribution in [1.29, 1.82) is 0 Å². The second-order valence-corrected chi connectivity index (χ2v) is 5.39. The second kappa shape index (κ2) is 7.77. The van der Waals surface area contributed by atoms with Crippen molar-refractivity contribution in [3.8, 4) is 5.75 Å². The van der Waals surface area contributed by atoms with Crippen LogP contribution >= 0.6 is 0 Å². The molecule has 0 aliphatic carbocycles. The molecule has 1 aromatic heterocycles. The minimum absolute atomic E-state index is 0.754. The van der Waals surface area contributed by atoms with Crippen LogP contribution in [0, 0.1) is 6.92 Å². The average molecular weight is 286 g/mol. The lowest BCUT2D eigenvalue weighted by atomic mass is 10.2. The Morgan fingerprint density at radius 3 is 2.76 bits per heavy atom. The number of nitrogens with one attached hydrogen (secondary N) is 1. The molecule has 0 radical (unpaired) electrons. The maximum absolute atomic E-state index is 5.85. The molecule has 3 heteroatoms. The van der Waals surface area contributed by atoms with Gasteiger partial charge in [-0.15, -0.1) is 0 Å². The standard InChI is InChI=1S/C18H26N2O/c1-4-10-20-11-6-7-16(20)14-19-17-9-8-15(3)13-18(17)21-12-5-2/h6-9,11,13,19H,4-5,10,12,14H2,1-3H3. The number of ether oxygens (including phenoxy) is 1. The molecular weight excluding hydrogens is 260 g/mol. The minimum Gasteiger partial charge on any atom is -0.491 e. The zero-order chi connectivity index (χ0) is 15.1. The fourth-order valence-electron chi connectivity index (χ4n) is 2.36. The molecule has 0 aliphatic rings. The summed E-state index contributed by atoms with van der Waals surface area (Å²) < 4.78 is 8.14. The molecule has 1 N–H and O–H groups in total. The van der Waals surface area contributed by atoms with E-state index in [0.29, 0.717) is 0 Å². The molecule has 2 aromatic rings. The number of aromatic nitrogens is 1. The highest BCUT2D eigenvalue weighted by atomic mass is 16.5. The summed E-state index contributed by atoms with van der Waals surface area (Å²) in [4.78, 5) is 0. The topological polar surface area (TPSA) is 26.2 Å². The first-order valence-corrected chi connectivity index (χ1v) is 7.86. The molecule has 0 spiro atoms. The van der Waals surface area contributed by atoms with E-state index in [1.165, 1.54) is 11.3 Å². The molecule has 0 aliphatic heterocycles. The van der Waals surface area contributed by atoms with Crippen LogP contribution in [-0.2, 0) is 13.1 Å². The lowest BCUT2D eigenvalue weighted by molar-refractivity contribution is 0.318. The van der Waals surface area contributed by atoms with Crippen LogP contribution < -0.4 is 10.1 Å². The monoisotopic (exact) mass is 286 g/mol. The maximum Gasteiger partial charge on any atom is 0.142 e. The minimum atomic E-state index is 0.754. The van der Waals surface area contributed by atoms with Gasteiger partial charge in [0.05, 0.1) is 18.8 Å². The zero-order valence-electron chi connectivity index (χ0n) is 13.4. The van der Waals surface area contributed by atoms with E-state index in [4.69, 9.17) is 4.74 Å². The summed E-state index contributed by atoms with van der Waals surface area (Å²) in [5.41, 5.74) is 3.60. The molecule has 0 saturated carbocycles. The van der Waals surface area contributed by atoms with E-state index < -0.39 is 0 Å². The van der Waals surface area contributed by atoms with Crippen molar-refractivity contribution in [2.24, 2.45) is 0 Å². The van der Waals surface area contributed by atoms with Crippen LogP contribution in [0.3, 0.4) is 0 Å². The van der Waals surface area contributed by atoms with E-state index in [2.05, 4.69) is 67.2 Å². The molecule has 1 heterocycles. The van der Waals surface area contributed by atoms with Crippen molar-refractivity contribution in [3.05, 3.63) is 47.8 Å². The summed E-state index contributed by atoms with van der Waals surface area (Å²) in [5.74, 6) is 0.949. The third kappa shape index (κ3) is 4.28. The third-order valence-electron chi connectivity index (χ3n) is 3.45. The van der Waals surface area contributed by atoms with Gasteiger partial charge in [-0.1, -0.05) is 19.9 Å². The van der Waals surface area contributed by atoms with Gasteiger partial charge in [-0.25, -0.2) is 0 Å².